The van der Waals surface area contributed by atoms with Gasteiger partial charge in [0.15, 0.2) is 5.82 Å². The molecule has 9 heteroatoms. The normalized spacial score (nSPS) is 13.9. The molecular formula is C8H8N6O2S. The number of carbonyl (C=O) groups excluding carboxylic acids is 1. The third-order valence-corrected chi connectivity index (χ3v) is 3.34. The molecule has 1 amide bonds. The molecule has 4 N–H and O–H groups in total. The van der Waals surface area contributed by atoms with Crippen molar-refractivity contribution in [1.82, 2.24) is 4.98 Å². The number of amides is 1. The molecule has 0 spiro atoms. The maximum absolute atomic E-state index is 11.4. The predicted octanol–water partition coefficient (Wildman–Crippen LogP) is 1.28. The van der Waals surface area contributed by atoms with Gasteiger partial charge in [-0.3, -0.25) is 4.79 Å². The molecular weight excluding hydrogens is 244 g/mol. The number of pyridine rings is 1. The smallest absolute Gasteiger partial charge is 0.252 e. The Morgan fingerprint density at radius 3 is 2.59 bits per heavy atom. The van der Waals surface area contributed by atoms with Crippen LogP contribution in [-0.2, 0) is 11.5 Å². The first-order chi connectivity index (χ1) is 8.19. The first-order valence-electron chi connectivity index (χ1n) is 4.56. The van der Waals surface area contributed by atoms with Gasteiger partial charge in [0.2, 0.25) is 5.82 Å². The van der Waals surface area contributed by atoms with Crippen molar-refractivity contribution >= 4 is 29.3 Å². The zero-order valence-electron chi connectivity index (χ0n) is 8.58. The minimum absolute atomic E-state index is 0.0115. The Kier molecular flexibility index (Phi) is 3.00. The van der Waals surface area contributed by atoms with Crippen molar-refractivity contribution in [1.29, 1.82) is 0 Å². The number of rotatable bonds is 3. The first kappa shape index (κ1) is 11.5. The molecule has 0 bridgehead atoms. The van der Waals surface area contributed by atoms with E-state index >= 15 is 0 Å². The minimum atomic E-state index is -0.670. The van der Waals surface area contributed by atoms with E-state index in [2.05, 4.69) is 20.5 Å². The van der Waals surface area contributed by atoms with E-state index in [0.29, 0.717) is 22.6 Å². The van der Waals surface area contributed by atoms with E-state index in [1.165, 1.54) is 0 Å². The number of fused-ring (bicyclic) bond motifs is 1. The second-order valence-electron chi connectivity index (χ2n) is 3.25. The lowest BCUT2D eigenvalue weighted by Gasteiger charge is -2.07. The molecule has 0 radical (unpaired) electrons. The first-order valence-corrected chi connectivity index (χ1v) is 5.72. The summed E-state index contributed by atoms with van der Waals surface area (Å²) in [5.41, 5.74) is 6.71. The molecule has 88 valence electrons. The van der Waals surface area contributed by atoms with E-state index in [0.717, 1.165) is 0 Å². The summed E-state index contributed by atoms with van der Waals surface area (Å²) in [5.74, 6) is 5.33. The largest absolute Gasteiger partial charge is 0.365 e. The van der Waals surface area contributed by atoms with Crippen LogP contribution in [0.25, 0.3) is 0 Å². The summed E-state index contributed by atoms with van der Waals surface area (Å²) in [6.45, 7) is 0. The maximum atomic E-state index is 11.4. The highest BCUT2D eigenvalue weighted by Crippen LogP contribution is 2.40. The van der Waals surface area contributed by atoms with Crippen LogP contribution in [0.2, 0.25) is 0 Å². The van der Waals surface area contributed by atoms with Crippen LogP contribution < -0.4 is 11.6 Å². The van der Waals surface area contributed by atoms with Gasteiger partial charge in [0.25, 0.3) is 5.91 Å². The fraction of sp³-hybridized carbons (Fsp3) is 0.250. The average molecular weight is 252 g/mol. The summed E-state index contributed by atoms with van der Waals surface area (Å²) < 4.78 is 0. The van der Waals surface area contributed by atoms with Gasteiger partial charge in [-0.25, -0.2) is 4.98 Å². The molecule has 0 aromatic carbocycles. The Hall–Kier alpha value is -2.03. The van der Waals surface area contributed by atoms with Crippen LogP contribution in [0.1, 0.15) is 21.5 Å². The van der Waals surface area contributed by atoms with E-state index in [-0.39, 0.29) is 17.2 Å². The van der Waals surface area contributed by atoms with Crippen LogP contribution in [0.15, 0.2) is 15.5 Å². The Morgan fingerprint density at radius 2 is 2.00 bits per heavy atom. The Labute approximate surface area is 99.8 Å². The van der Waals surface area contributed by atoms with Gasteiger partial charge in [-0.2, -0.15) is 11.8 Å². The molecule has 0 saturated heterocycles. The highest BCUT2D eigenvalue weighted by Gasteiger charge is 2.27. The van der Waals surface area contributed by atoms with Crippen molar-refractivity contribution < 1.29 is 4.79 Å². The van der Waals surface area contributed by atoms with Gasteiger partial charge in [-0.05, 0) is 10.7 Å². The molecule has 0 atom stereocenters. The molecule has 1 aromatic heterocycles. The third-order valence-electron chi connectivity index (χ3n) is 2.35. The van der Waals surface area contributed by atoms with Gasteiger partial charge < -0.3 is 11.6 Å². The number of nitroso groups, excluding NO2 is 1. The van der Waals surface area contributed by atoms with Crippen molar-refractivity contribution in [2.75, 3.05) is 0 Å². The van der Waals surface area contributed by atoms with Crippen molar-refractivity contribution in [3.63, 3.8) is 0 Å². The quantitative estimate of drug-likeness (QED) is 0.361. The van der Waals surface area contributed by atoms with E-state index in [1.807, 2.05) is 0 Å². The summed E-state index contributed by atoms with van der Waals surface area (Å²) >= 11 is 1.54. The van der Waals surface area contributed by atoms with Gasteiger partial charge >= 0.3 is 0 Å². The van der Waals surface area contributed by atoms with Crippen LogP contribution >= 0.6 is 11.8 Å². The van der Waals surface area contributed by atoms with Crippen LogP contribution in [0.5, 0.6) is 0 Å². The maximum Gasteiger partial charge on any atom is 0.252 e. The van der Waals surface area contributed by atoms with Crippen molar-refractivity contribution in [2.45, 2.75) is 11.5 Å². The van der Waals surface area contributed by atoms with E-state index in [9.17, 15) is 9.70 Å². The molecule has 0 fully saturated rings. The number of hydrogen-bond donors (Lipinski definition) is 2. The Balaban J connectivity index is 2.76. The summed E-state index contributed by atoms with van der Waals surface area (Å²) in [5, 5.41) is 9.37. The van der Waals surface area contributed by atoms with Crippen LogP contribution in [0.4, 0.5) is 11.6 Å². The zero-order valence-corrected chi connectivity index (χ0v) is 9.40. The molecule has 0 aliphatic carbocycles. The predicted molar refractivity (Wildman–Crippen MR) is 61.9 cm³/mol. The second-order valence-corrected chi connectivity index (χ2v) is 4.24. The highest BCUT2D eigenvalue weighted by atomic mass is 32.2. The number of aromatic nitrogens is 1. The summed E-state index contributed by atoms with van der Waals surface area (Å²) in [6.07, 6.45) is 0. The summed E-state index contributed by atoms with van der Waals surface area (Å²) in [7, 11) is 0. The fourth-order valence-corrected chi connectivity index (χ4v) is 2.80. The van der Waals surface area contributed by atoms with E-state index in [4.69, 9.17) is 11.6 Å². The molecule has 1 aliphatic heterocycles. The SMILES string of the molecule is NN=Nc1nc(N=O)c2c(c1C(N)=O)CSC2. The lowest BCUT2D eigenvalue weighted by Crippen LogP contribution is -2.15. The number of nitrogens with two attached hydrogens (primary N) is 2. The fourth-order valence-electron chi connectivity index (χ4n) is 1.67. The molecule has 0 unspecified atom stereocenters. The van der Waals surface area contributed by atoms with Crippen molar-refractivity contribution in [3.05, 3.63) is 21.6 Å². The second kappa shape index (κ2) is 4.45. The van der Waals surface area contributed by atoms with Gasteiger partial charge in [0.1, 0.15) is 0 Å². The average Bonchev–Trinajstić information content (AvgIpc) is 2.76. The summed E-state index contributed by atoms with van der Waals surface area (Å²) in [4.78, 5) is 25.9. The molecule has 0 saturated carbocycles. The van der Waals surface area contributed by atoms with Gasteiger partial charge in [0, 0.05) is 17.1 Å². The number of primary amides is 1. The molecule has 8 nitrogen and oxygen atoms in total. The van der Waals surface area contributed by atoms with Crippen LogP contribution in [0.3, 0.4) is 0 Å². The molecule has 2 heterocycles. The van der Waals surface area contributed by atoms with Gasteiger partial charge in [-0.1, -0.05) is 5.22 Å². The van der Waals surface area contributed by atoms with E-state index < -0.39 is 5.91 Å². The molecule has 1 aliphatic rings. The van der Waals surface area contributed by atoms with Crippen LogP contribution in [0, 0.1) is 4.91 Å². The zero-order chi connectivity index (χ0) is 12.4. The lowest BCUT2D eigenvalue weighted by molar-refractivity contribution is 0.1000. The molecule has 17 heavy (non-hydrogen) atoms. The van der Waals surface area contributed by atoms with Gasteiger partial charge in [0.05, 0.1) is 5.56 Å². The lowest BCUT2D eigenvalue weighted by atomic mass is 10.0. The van der Waals surface area contributed by atoms with Crippen LogP contribution in [-0.4, -0.2) is 10.9 Å². The van der Waals surface area contributed by atoms with E-state index in [1.54, 1.807) is 11.8 Å². The summed E-state index contributed by atoms with van der Waals surface area (Å²) in [6, 6.07) is 0. The standard InChI is InChI=1S/C8H8N6O2S/c9-6(15)5-3-1-17-2-4(3)7(13-16)11-8(5)12-14-10/h1-2H2,(H2,9,15)(H2,10,11,12). The minimum Gasteiger partial charge on any atom is -0.365 e. The highest BCUT2D eigenvalue weighted by molar-refractivity contribution is 7.98. The number of nitrogens with zero attached hydrogens (tertiary/aromatic N) is 4. The molecule has 2 rings (SSSR count). The number of thioether (sulfide) groups is 1. The van der Waals surface area contributed by atoms with Crippen molar-refractivity contribution in [3.8, 4) is 0 Å². The molecule has 1 aromatic rings. The third kappa shape index (κ3) is 1.84. The number of hydrogen-bond acceptors (Lipinski definition) is 7. The topological polar surface area (TPSA) is 136 Å². The Morgan fingerprint density at radius 1 is 1.29 bits per heavy atom. The van der Waals surface area contributed by atoms with Crippen molar-refractivity contribution in [2.24, 2.45) is 27.1 Å². The number of carbonyl (C=O) groups is 1. The van der Waals surface area contributed by atoms with Gasteiger partial charge in [-0.15, -0.1) is 10.0 Å². The monoisotopic (exact) mass is 252 g/mol. The Bertz CT molecular complexity index is 529.